The molecule has 3 aromatic carbocycles. The highest BCUT2D eigenvalue weighted by molar-refractivity contribution is 6.32. The molecule has 0 saturated carbocycles. The minimum absolute atomic E-state index is 0.136. The predicted molar refractivity (Wildman–Crippen MR) is 144 cm³/mol. The van der Waals surface area contributed by atoms with E-state index in [1.807, 2.05) is 18.2 Å². The van der Waals surface area contributed by atoms with Gasteiger partial charge in [0.15, 0.2) is 11.9 Å². The van der Waals surface area contributed by atoms with E-state index < -0.39 is 28.2 Å². The number of para-hydroxylation sites is 2. The van der Waals surface area contributed by atoms with Crippen LogP contribution < -0.4 is 10.3 Å². The Kier molecular flexibility index (Phi) is 6.82. The topological polar surface area (TPSA) is 139 Å². The molecule has 0 radical (unpaired) electrons. The number of methoxy groups -OCH3 is 1. The van der Waals surface area contributed by atoms with E-state index >= 15 is 0 Å². The number of nitro groups is 1. The van der Waals surface area contributed by atoms with E-state index in [0.29, 0.717) is 22.2 Å². The number of fused-ring (bicyclic) bond motifs is 2. The lowest BCUT2D eigenvalue weighted by atomic mass is 10.2. The molecule has 196 valence electrons. The number of esters is 1. The molecule has 12 heteroatoms. The Bertz CT molecular complexity index is 1810. The first-order valence-corrected chi connectivity index (χ1v) is 11.9. The SMILES string of the molecule is COC(=O)[C@H](C)Oc1c(Cl)cc(C=Nn2c(-c3cc4ccccc4o3)nc3ccccc3c2=O)cc1[N+](=O)[O-]. The lowest BCUT2D eigenvalue weighted by Crippen LogP contribution is -2.25. The normalized spacial score (nSPS) is 12.2. The van der Waals surface area contributed by atoms with Crippen molar-refractivity contribution in [2.45, 2.75) is 13.0 Å². The van der Waals surface area contributed by atoms with Crippen LogP contribution >= 0.6 is 11.6 Å². The number of rotatable bonds is 7. The van der Waals surface area contributed by atoms with Crippen LogP contribution in [-0.4, -0.2) is 40.0 Å². The van der Waals surface area contributed by atoms with E-state index in [9.17, 15) is 19.7 Å². The third-order valence-electron chi connectivity index (χ3n) is 5.79. The number of ether oxygens (including phenoxy) is 2. The highest BCUT2D eigenvalue weighted by Gasteiger charge is 2.25. The number of aromatic nitrogens is 2. The van der Waals surface area contributed by atoms with Crippen molar-refractivity contribution >= 4 is 51.3 Å². The molecular formula is C27H19ClN4O7. The molecule has 2 heterocycles. The van der Waals surface area contributed by atoms with Gasteiger partial charge in [-0.15, -0.1) is 0 Å². The third-order valence-corrected chi connectivity index (χ3v) is 6.07. The second-order valence-corrected chi connectivity index (χ2v) is 8.76. The lowest BCUT2D eigenvalue weighted by molar-refractivity contribution is -0.386. The minimum Gasteiger partial charge on any atom is -0.471 e. The molecule has 0 fully saturated rings. The zero-order valence-corrected chi connectivity index (χ0v) is 21.3. The smallest absolute Gasteiger partial charge is 0.346 e. The van der Waals surface area contributed by atoms with Gasteiger partial charge in [0, 0.05) is 17.0 Å². The van der Waals surface area contributed by atoms with Gasteiger partial charge in [0.25, 0.3) is 5.56 Å². The molecule has 0 aliphatic carbocycles. The van der Waals surface area contributed by atoms with Crippen LogP contribution in [0.1, 0.15) is 12.5 Å². The maximum absolute atomic E-state index is 13.4. The monoisotopic (exact) mass is 546 g/mol. The molecule has 0 spiro atoms. The van der Waals surface area contributed by atoms with Crippen molar-refractivity contribution in [1.29, 1.82) is 0 Å². The first-order valence-electron chi connectivity index (χ1n) is 11.5. The predicted octanol–water partition coefficient (Wildman–Crippen LogP) is 5.19. The first kappa shape index (κ1) is 25.6. The van der Waals surface area contributed by atoms with Gasteiger partial charge in [-0.2, -0.15) is 9.78 Å². The van der Waals surface area contributed by atoms with Crippen LogP contribution in [0.5, 0.6) is 5.75 Å². The Hall–Kier alpha value is -5.03. The molecular weight excluding hydrogens is 528 g/mol. The van der Waals surface area contributed by atoms with Crippen LogP contribution in [-0.2, 0) is 9.53 Å². The fraction of sp³-hybridized carbons (Fsp3) is 0.111. The molecule has 11 nitrogen and oxygen atoms in total. The van der Waals surface area contributed by atoms with Gasteiger partial charge in [0.05, 0.1) is 34.2 Å². The van der Waals surface area contributed by atoms with E-state index in [1.54, 1.807) is 36.4 Å². The van der Waals surface area contributed by atoms with E-state index in [0.717, 1.165) is 16.1 Å². The van der Waals surface area contributed by atoms with Crippen LogP contribution in [0.4, 0.5) is 5.69 Å². The number of furan rings is 1. The Labute approximate surface area is 225 Å². The largest absolute Gasteiger partial charge is 0.471 e. The second-order valence-electron chi connectivity index (χ2n) is 8.35. The van der Waals surface area contributed by atoms with Gasteiger partial charge in [-0.1, -0.05) is 41.9 Å². The standard InChI is InChI=1S/C27H19ClN4O7/c1-15(27(34)37-2)38-24-19(28)11-16(12-21(24)32(35)36)14-29-31-25(23-13-17-7-3-6-10-22(17)39-23)30-20-9-5-4-8-18(20)26(31)33/h3-15H,1-2H3/t15-/m0/s1. The summed E-state index contributed by atoms with van der Waals surface area (Å²) >= 11 is 6.29. The van der Waals surface area contributed by atoms with Gasteiger partial charge >= 0.3 is 11.7 Å². The number of nitrogens with zero attached hydrogens (tertiary/aromatic N) is 4. The zero-order chi connectivity index (χ0) is 27.7. The number of nitro benzene ring substituents is 1. The van der Waals surface area contributed by atoms with Gasteiger partial charge < -0.3 is 13.9 Å². The average Bonchev–Trinajstić information content (AvgIpc) is 3.37. The molecule has 0 saturated heterocycles. The van der Waals surface area contributed by atoms with Crippen LogP contribution in [0.2, 0.25) is 5.02 Å². The maximum Gasteiger partial charge on any atom is 0.346 e. The lowest BCUT2D eigenvalue weighted by Gasteiger charge is -2.14. The molecule has 0 amide bonds. The van der Waals surface area contributed by atoms with Crippen LogP contribution in [0.3, 0.4) is 0 Å². The maximum atomic E-state index is 13.4. The Balaban J connectivity index is 1.62. The number of benzene rings is 3. The Morgan fingerprint density at radius 3 is 2.67 bits per heavy atom. The van der Waals surface area contributed by atoms with Crippen LogP contribution in [0, 0.1) is 10.1 Å². The Morgan fingerprint density at radius 1 is 1.18 bits per heavy atom. The van der Waals surface area contributed by atoms with Crippen molar-refractivity contribution in [3.8, 4) is 17.3 Å². The van der Waals surface area contributed by atoms with Crippen molar-refractivity contribution in [3.05, 3.63) is 97.8 Å². The highest BCUT2D eigenvalue weighted by Crippen LogP contribution is 2.37. The van der Waals surface area contributed by atoms with Gasteiger partial charge in [0.2, 0.25) is 11.6 Å². The summed E-state index contributed by atoms with van der Waals surface area (Å²) in [5.41, 5.74) is 0.273. The van der Waals surface area contributed by atoms with Crippen molar-refractivity contribution in [2.75, 3.05) is 7.11 Å². The van der Waals surface area contributed by atoms with Crippen molar-refractivity contribution in [1.82, 2.24) is 9.66 Å². The summed E-state index contributed by atoms with van der Waals surface area (Å²) in [5.74, 6) is -0.587. The molecule has 2 aromatic heterocycles. The van der Waals surface area contributed by atoms with E-state index in [-0.39, 0.29) is 22.2 Å². The number of halogens is 1. The quantitative estimate of drug-likeness (QED) is 0.117. The van der Waals surface area contributed by atoms with Gasteiger partial charge in [-0.05, 0) is 37.3 Å². The van der Waals surface area contributed by atoms with Crippen molar-refractivity contribution in [2.24, 2.45) is 5.10 Å². The van der Waals surface area contributed by atoms with Gasteiger partial charge in [-0.25, -0.2) is 9.78 Å². The van der Waals surface area contributed by atoms with E-state index in [2.05, 4.69) is 14.8 Å². The van der Waals surface area contributed by atoms with E-state index in [1.165, 1.54) is 26.3 Å². The fourth-order valence-electron chi connectivity index (χ4n) is 3.92. The number of hydrogen-bond acceptors (Lipinski definition) is 9. The highest BCUT2D eigenvalue weighted by atomic mass is 35.5. The average molecular weight is 547 g/mol. The van der Waals surface area contributed by atoms with Crippen LogP contribution in [0.25, 0.3) is 33.5 Å². The van der Waals surface area contributed by atoms with Gasteiger partial charge in [0.1, 0.15) is 5.58 Å². The summed E-state index contributed by atoms with van der Waals surface area (Å²) in [4.78, 5) is 40.9. The van der Waals surface area contributed by atoms with Gasteiger partial charge in [-0.3, -0.25) is 14.9 Å². The van der Waals surface area contributed by atoms with Crippen molar-refractivity contribution < 1.29 is 23.6 Å². The summed E-state index contributed by atoms with van der Waals surface area (Å²) < 4.78 is 17.0. The molecule has 1 atom stereocenters. The molecule has 0 aliphatic rings. The molecule has 5 aromatic rings. The number of carbonyl (C=O) groups is 1. The number of carbonyl (C=O) groups excluding carboxylic acids is 1. The molecule has 0 N–H and O–H groups in total. The summed E-state index contributed by atoms with van der Waals surface area (Å²) in [6, 6.07) is 18.4. The second kappa shape index (κ2) is 10.4. The van der Waals surface area contributed by atoms with Crippen molar-refractivity contribution in [3.63, 3.8) is 0 Å². The summed E-state index contributed by atoms with van der Waals surface area (Å²) in [5, 5.41) is 17.1. The molecule has 0 unspecified atom stereocenters. The minimum atomic E-state index is -1.14. The van der Waals surface area contributed by atoms with Crippen LogP contribution in [0.15, 0.2) is 81.0 Å². The molecule has 5 rings (SSSR count). The zero-order valence-electron chi connectivity index (χ0n) is 20.5. The molecule has 0 bridgehead atoms. The van der Waals surface area contributed by atoms with E-state index in [4.69, 9.17) is 20.8 Å². The Morgan fingerprint density at radius 2 is 1.92 bits per heavy atom. The third kappa shape index (κ3) is 4.94. The summed E-state index contributed by atoms with van der Waals surface area (Å²) in [6.45, 7) is 1.37. The molecule has 0 aliphatic heterocycles. The number of hydrogen-bond donors (Lipinski definition) is 0. The first-order chi connectivity index (χ1) is 18.8. The summed E-state index contributed by atoms with van der Waals surface area (Å²) in [7, 11) is 1.17. The fourth-order valence-corrected chi connectivity index (χ4v) is 4.19. The summed E-state index contributed by atoms with van der Waals surface area (Å²) in [6.07, 6.45) is 0.0930. The molecule has 39 heavy (non-hydrogen) atoms.